The van der Waals surface area contributed by atoms with E-state index in [9.17, 15) is 19.8 Å². The number of rotatable bonds is 60. The van der Waals surface area contributed by atoms with Crippen LogP contribution in [0.3, 0.4) is 0 Å². The van der Waals surface area contributed by atoms with Gasteiger partial charge in [-0.25, -0.2) is 0 Å². The molecular formula is C65H125NO5. The van der Waals surface area contributed by atoms with E-state index >= 15 is 0 Å². The third-order valence-electron chi connectivity index (χ3n) is 15.0. The average molecular weight is 1000 g/mol. The third kappa shape index (κ3) is 57.5. The van der Waals surface area contributed by atoms with Gasteiger partial charge in [0.25, 0.3) is 0 Å². The van der Waals surface area contributed by atoms with Crippen LogP contribution < -0.4 is 5.32 Å². The molecule has 2 unspecified atom stereocenters. The number of carbonyl (C=O) groups is 2. The number of amides is 1. The maximum atomic E-state index is 12.5. The number of aliphatic hydroxyl groups excluding tert-OH is 2. The first kappa shape index (κ1) is 69.3. The minimum absolute atomic E-state index is 0.00195. The van der Waals surface area contributed by atoms with E-state index in [2.05, 4.69) is 43.5 Å². The van der Waals surface area contributed by atoms with Gasteiger partial charge in [0.1, 0.15) is 0 Å². The number of hydrogen-bond donors (Lipinski definition) is 3. The molecule has 0 spiro atoms. The summed E-state index contributed by atoms with van der Waals surface area (Å²) in [5, 5.41) is 23.3. The molecule has 0 aromatic heterocycles. The first-order chi connectivity index (χ1) is 35.0. The van der Waals surface area contributed by atoms with Gasteiger partial charge in [-0.05, 0) is 77.0 Å². The fourth-order valence-electron chi connectivity index (χ4n) is 10.0. The smallest absolute Gasteiger partial charge is 0.305 e. The standard InChI is InChI=1S/C65H125NO5/c1-3-5-7-9-11-13-15-17-19-20-27-30-33-37-41-45-49-53-57-63(68)62(61-67)66-64(69)58-54-50-46-42-38-34-31-28-25-23-21-22-24-26-29-32-36-40-44-48-52-56-60-71-65(70)59-55-51-47-43-39-35-18-16-14-12-10-8-6-4-2/h16,18,23,25,62-63,67-68H,3-15,17,19-22,24,26-61H2,1-2H3,(H,66,69)/b18-16-,25-23-. The topological polar surface area (TPSA) is 95.9 Å². The third-order valence-corrected chi connectivity index (χ3v) is 15.0. The van der Waals surface area contributed by atoms with Crippen LogP contribution in [0.15, 0.2) is 24.3 Å². The highest BCUT2D eigenvalue weighted by molar-refractivity contribution is 5.76. The molecule has 0 saturated heterocycles. The molecule has 0 heterocycles. The predicted molar refractivity (Wildman–Crippen MR) is 310 cm³/mol. The molecule has 420 valence electrons. The zero-order valence-corrected chi connectivity index (χ0v) is 48.0. The van der Waals surface area contributed by atoms with E-state index in [-0.39, 0.29) is 18.5 Å². The molecule has 1 amide bonds. The molecule has 0 aliphatic rings. The summed E-state index contributed by atoms with van der Waals surface area (Å²) >= 11 is 0. The van der Waals surface area contributed by atoms with Crippen molar-refractivity contribution in [3.05, 3.63) is 24.3 Å². The van der Waals surface area contributed by atoms with Crippen LogP contribution in [0.1, 0.15) is 354 Å². The molecule has 0 aliphatic carbocycles. The molecule has 71 heavy (non-hydrogen) atoms. The van der Waals surface area contributed by atoms with Crippen LogP contribution in [-0.2, 0) is 14.3 Å². The van der Waals surface area contributed by atoms with E-state index in [4.69, 9.17) is 4.74 Å². The fourth-order valence-corrected chi connectivity index (χ4v) is 10.0. The lowest BCUT2D eigenvalue weighted by atomic mass is 10.0. The molecule has 0 fully saturated rings. The van der Waals surface area contributed by atoms with Gasteiger partial charge in [-0.2, -0.15) is 0 Å². The molecule has 0 aromatic rings. The van der Waals surface area contributed by atoms with E-state index in [1.165, 1.54) is 276 Å². The Labute approximate surface area is 443 Å². The van der Waals surface area contributed by atoms with Gasteiger partial charge in [-0.1, -0.05) is 289 Å². The number of hydrogen-bond acceptors (Lipinski definition) is 5. The van der Waals surface area contributed by atoms with Gasteiger partial charge >= 0.3 is 5.97 Å². The van der Waals surface area contributed by atoms with E-state index in [0.717, 1.165) is 44.9 Å². The van der Waals surface area contributed by atoms with Crippen LogP contribution in [0.2, 0.25) is 0 Å². The molecule has 0 radical (unpaired) electrons. The van der Waals surface area contributed by atoms with Gasteiger partial charge < -0.3 is 20.3 Å². The molecule has 6 heteroatoms. The quantitative estimate of drug-likeness (QED) is 0.0320. The Balaban J connectivity index is 3.42. The lowest BCUT2D eigenvalue weighted by molar-refractivity contribution is -0.143. The van der Waals surface area contributed by atoms with Crippen molar-refractivity contribution in [3.63, 3.8) is 0 Å². The van der Waals surface area contributed by atoms with E-state index < -0.39 is 12.1 Å². The summed E-state index contributed by atoms with van der Waals surface area (Å²) in [5.41, 5.74) is 0. The highest BCUT2D eigenvalue weighted by atomic mass is 16.5. The van der Waals surface area contributed by atoms with Crippen molar-refractivity contribution >= 4 is 11.9 Å². The van der Waals surface area contributed by atoms with Crippen molar-refractivity contribution < 1.29 is 24.5 Å². The Kier molecular flexibility index (Phi) is 59.5. The van der Waals surface area contributed by atoms with E-state index in [1.54, 1.807) is 0 Å². The first-order valence-electron chi connectivity index (χ1n) is 32.1. The van der Waals surface area contributed by atoms with Crippen molar-refractivity contribution in [2.75, 3.05) is 13.2 Å². The summed E-state index contributed by atoms with van der Waals surface area (Å²) in [6.45, 7) is 4.96. The van der Waals surface area contributed by atoms with Crippen molar-refractivity contribution in [2.24, 2.45) is 0 Å². The number of aliphatic hydroxyl groups is 2. The molecule has 0 saturated carbocycles. The van der Waals surface area contributed by atoms with Crippen LogP contribution in [-0.4, -0.2) is 47.4 Å². The predicted octanol–water partition coefficient (Wildman–Crippen LogP) is 20.2. The van der Waals surface area contributed by atoms with Crippen LogP contribution in [0, 0.1) is 0 Å². The van der Waals surface area contributed by atoms with Crippen molar-refractivity contribution in [3.8, 4) is 0 Å². The van der Waals surface area contributed by atoms with E-state index in [0.29, 0.717) is 25.9 Å². The molecule has 0 aliphatic heterocycles. The largest absolute Gasteiger partial charge is 0.466 e. The lowest BCUT2D eigenvalue weighted by Gasteiger charge is -2.22. The Hall–Kier alpha value is -1.66. The fraction of sp³-hybridized carbons (Fsp3) is 0.908. The van der Waals surface area contributed by atoms with Crippen LogP contribution in [0.4, 0.5) is 0 Å². The van der Waals surface area contributed by atoms with Crippen LogP contribution in [0.25, 0.3) is 0 Å². The van der Waals surface area contributed by atoms with Crippen LogP contribution >= 0.6 is 0 Å². The molecule has 0 aromatic carbocycles. The number of esters is 1. The van der Waals surface area contributed by atoms with Crippen molar-refractivity contribution in [1.82, 2.24) is 5.32 Å². The SMILES string of the molecule is CCCCCCC/C=C\CCCCCCCC(=O)OCCCCCCCCCCCCC/C=C\CCCCCCCCCC(=O)NC(CO)C(O)CCCCCCCCCCCCCCCCCCCC. The highest BCUT2D eigenvalue weighted by Crippen LogP contribution is 2.18. The maximum Gasteiger partial charge on any atom is 0.305 e. The monoisotopic (exact) mass is 1000 g/mol. The summed E-state index contributed by atoms with van der Waals surface area (Å²) in [7, 11) is 0. The zero-order valence-electron chi connectivity index (χ0n) is 48.0. The van der Waals surface area contributed by atoms with Gasteiger partial charge in [0.05, 0.1) is 25.4 Å². The second-order valence-electron chi connectivity index (χ2n) is 22.1. The lowest BCUT2D eigenvalue weighted by Crippen LogP contribution is -2.45. The second kappa shape index (κ2) is 60.9. The van der Waals surface area contributed by atoms with Gasteiger partial charge in [-0.15, -0.1) is 0 Å². The summed E-state index contributed by atoms with van der Waals surface area (Å²) in [5.74, 6) is -0.0372. The van der Waals surface area contributed by atoms with Gasteiger partial charge in [0.2, 0.25) is 5.91 Å². The van der Waals surface area contributed by atoms with Gasteiger partial charge in [0, 0.05) is 12.8 Å². The highest BCUT2D eigenvalue weighted by Gasteiger charge is 2.20. The van der Waals surface area contributed by atoms with Crippen LogP contribution in [0.5, 0.6) is 0 Å². The number of carbonyl (C=O) groups excluding carboxylic acids is 2. The number of ether oxygens (including phenoxy) is 1. The summed E-state index contributed by atoms with van der Waals surface area (Å²) < 4.78 is 5.48. The normalized spacial score (nSPS) is 12.7. The summed E-state index contributed by atoms with van der Waals surface area (Å²) in [6, 6.07) is -0.547. The van der Waals surface area contributed by atoms with Crippen molar-refractivity contribution in [1.29, 1.82) is 0 Å². The second-order valence-corrected chi connectivity index (χ2v) is 22.1. The maximum absolute atomic E-state index is 12.5. The zero-order chi connectivity index (χ0) is 51.4. The summed E-state index contributed by atoms with van der Waals surface area (Å²) in [6.07, 6.45) is 74.8. The number of allylic oxidation sites excluding steroid dienone is 4. The Morgan fingerprint density at radius 1 is 0.380 bits per heavy atom. The molecule has 2 atom stereocenters. The number of unbranched alkanes of at least 4 members (excludes halogenated alkanes) is 45. The Morgan fingerprint density at radius 2 is 0.662 bits per heavy atom. The Bertz CT molecular complexity index is 1110. The minimum atomic E-state index is -0.669. The molecule has 6 nitrogen and oxygen atoms in total. The van der Waals surface area contributed by atoms with Gasteiger partial charge in [-0.3, -0.25) is 9.59 Å². The summed E-state index contributed by atoms with van der Waals surface area (Å²) in [4.78, 5) is 24.6. The molecule has 3 N–H and O–H groups in total. The minimum Gasteiger partial charge on any atom is -0.466 e. The number of nitrogens with one attached hydrogen (secondary N) is 1. The Morgan fingerprint density at radius 3 is 1.00 bits per heavy atom. The molecule has 0 bridgehead atoms. The molecule has 0 rings (SSSR count). The van der Waals surface area contributed by atoms with Crippen molar-refractivity contribution in [2.45, 2.75) is 366 Å². The molecular weight excluding hydrogens is 875 g/mol. The van der Waals surface area contributed by atoms with E-state index in [1.807, 2.05) is 0 Å². The first-order valence-corrected chi connectivity index (χ1v) is 32.1. The van der Waals surface area contributed by atoms with Gasteiger partial charge in [0.15, 0.2) is 0 Å². The average Bonchev–Trinajstić information content (AvgIpc) is 3.37.